The molecule has 31 heavy (non-hydrogen) atoms. The number of anilines is 1. The molecule has 4 rings (SSSR count). The van der Waals surface area contributed by atoms with Gasteiger partial charge >= 0.3 is 0 Å². The van der Waals surface area contributed by atoms with Gasteiger partial charge in [-0.15, -0.1) is 0 Å². The highest BCUT2D eigenvalue weighted by Crippen LogP contribution is 2.37. The predicted molar refractivity (Wildman–Crippen MR) is 118 cm³/mol. The number of aliphatic hydroxyl groups is 1. The van der Waals surface area contributed by atoms with E-state index in [0.717, 1.165) is 29.5 Å². The lowest BCUT2D eigenvalue weighted by molar-refractivity contribution is -0.120. The zero-order valence-corrected chi connectivity index (χ0v) is 17.8. The van der Waals surface area contributed by atoms with E-state index in [-0.39, 0.29) is 24.3 Å². The minimum absolute atomic E-state index is 0.0597. The lowest BCUT2D eigenvalue weighted by Crippen LogP contribution is -2.40. The smallest absolute Gasteiger partial charge is 0.282 e. The molecule has 1 fully saturated rings. The van der Waals surface area contributed by atoms with Crippen LogP contribution < -0.4 is 4.90 Å². The van der Waals surface area contributed by atoms with Crippen molar-refractivity contribution in [3.8, 4) is 6.07 Å². The number of imide groups is 1. The van der Waals surface area contributed by atoms with Crippen LogP contribution in [-0.2, 0) is 9.59 Å². The molecule has 2 amide bonds. The van der Waals surface area contributed by atoms with Crippen molar-refractivity contribution < 1.29 is 14.7 Å². The third-order valence-corrected chi connectivity index (χ3v) is 6.06. The van der Waals surface area contributed by atoms with Crippen molar-refractivity contribution in [3.05, 3.63) is 70.4 Å². The lowest BCUT2D eigenvalue weighted by atomic mass is 9.95. The van der Waals surface area contributed by atoms with Crippen molar-refractivity contribution in [1.82, 2.24) is 4.90 Å². The molecule has 0 spiro atoms. The van der Waals surface area contributed by atoms with Crippen molar-refractivity contribution in [2.75, 3.05) is 24.6 Å². The number of rotatable bonds is 4. The van der Waals surface area contributed by atoms with Gasteiger partial charge in [-0.05, 0) is 68.0 Å². The molecule has 2 aromatic carbocycles. The molecule has 2 heterocycles. The summed E-state index contributed by atoms with van der Waals surface area (Å²) in [6.07, 6.45) is 1.76. The van der Waals surface area contributed by atoms with E-state index in [1.54, 1.807) is 24.3 Å². The van der Waals surface area contributed by atoms with Gasteiger partial charge in [0.05, 0.1) is 22.9 Å². The van der Waals surface area contributed by atoms with Gasteiger partial charge in [0.25, 0.3) is 11.8 Å². The number of nitriles is 1. The van der Waals surface area contributed by atoms with Crippen molar-refractivity contribution in [3.63, 3.8) is 0 Å². The number of piperidine rings is 1. The summed E-state index contributed by atoms with van der Waals surface area (Å²) in [7, 11) is 0. The number of aliphatic hydroxyl groups excluding tert-OH is 1. The highest BCUT2D eigenvalue weighted by Gasteiger charge is 2.43. The monoisotopic (exact) mass is 415 g/mol. The molecule has 0 radical (unpaired) electrons. The highest BCUT2D eigenvalue weighted by atomic mass is 16.3. The summed E-state index contributed by atoms with van der Waals surface area (Å²) in [6.45, 7) is 5.21. The number of carbonyl (C=O) groups is 2. The standard InChI is InChI=1S/C25H25N3O3/c1-16-5-10-21(17(2)12-16)22-23(27-11-3-4-19(14-27)15-29)25(31)28(24(22)30)20-8-6-18(13-26)7-9-20/h5-10,12,19,29H,3-4,11,14-15H2,1-2H3. The van der Waals surface area contributed by atoms with E-state index < -0.39 is 0 Å². The van der Waals surface area contributed by atoms with Crippen molar-refractivity contribution in [2.24, 2.45) is 5.92 Å². The van der Waals surface area contributed by atoms with Crippen molar-refractivity contribution >= 4 is 23.1 Å². The molecule has 1 saturated heterocycles. The molecule has 2 aliphatic heterocycles. The molecule has 0 aromatic heterocycles. The first-order valence-electron chi connectivity index (χ1n) is 10.5. The number of hydrogen-bond donors (Lipinski definition) is 1. The topological polar surface area (TPSA) is 84.6 Å². The second-order valence-corrected chi connectivity index (χ2v) is 8.28. The van der Waals surface area contributed by atoms with E-state index in [2.05, 4.69) is 6.07 Å². The van der Waals surface area contributed by atoms with Gasteiger partial charge in [-0.2, -0.15) is 5.26 Å². The number of aryl methyl sites for hydroxylation is 2. The molecule has 1 unspecified atom stereocenters. The summed E-state index contributed by atoms with van der Waals surface area (Å²) in [5, 5.41) is 18.7. The Balaban J connectivity index is 1.83. The molecular formula is C25H25N3O3. The number of nitrogens with zero attached hydrogens (tertiary/aromatic N) is 3. The molecule has 2 aromatic rings. The summed E-state index contributed by atoms with van der Waals surface area (Å²) in [4.78, 5) is 30.4. The fourth-order valence-corrected chi connectivity index (χ4v) is 4.49. The van der Waals surface area contributed by atoms with Crippen LogP contribution in [0, 0.1) is 31.1 Å². The molecule has 0 bridgehead atoms. The Bertz CT molecular complexity index is 1110. The van der Waals surface area contributed by atoms with Crippen LogP contribution in [0.4, 0.5) is 5.69 Å². The fourth-order valence-electron chi connectivity index (χ4n) is 4.49. The SMILES string of the molecule is Cc1ccc(C2=C(N3CCCC(CO)C3)C(=O)N(c3ccc(C#N)cc3)C2=O)c(C)c1. The Hall–Kier alpha value is -3.43. The van der Waals surface area contributed by atoms with Crippen LogP contribution in [0.15, 0.2) is 48.2 Å². The minimum atomic E-state index is -0.359. The van der Waals surface area contributed by atoms with E-state index in [1.165, 1.54) is 4.90 Å². The molecule has 2 aliphatic rings. The van der Waals surface area contributed by atoms with Crippen LogP contribution in [0.2, 0.25) is 0 Å². The van der Waals surface area contributed by atoms with Crippen LogP contribution in [-0.4, -0.2) is 41.5 Å². The van der Waals surface area contributed by atoms with Crippen LogP contribution in [0.5, 0.6) is 0 Å². The Morgan fingerprint density at radius 1 is 1.10 bits per heavy atom. The summed E-state index contributed by atoms with van der Waals surface area (Å²) in [5.74, 6) is -0.639. The van der Waals surface area contributed by atoms with Gasteiger partial charge in [-0.3, -0.25) is 9.59 Å². The third-order valence-electron chi connectivity index (χ3n) is 6.06. The number of benzene rings is 2. The van der Waals surface area contributed by atoms with Gasteiger partial charge in [0.2, 0.25) is 0 Å². The van der Waals surface area contributed by atoms with Crippen LogP contribution in [0.25, 0.3) is 5.57 Å². The second kappa shape index (κ2) is 8.37. The number of likely N-dealkylation sites (tertiary alicyclic amines) is 1. The maximum absolute atomic E-state index is 13.6. The molecule has 1 atom stereocenters. The zero-order chi connectivity index (χ0) is 22.1. The molecule has 0 saturated carbocycles. The van der Waals surface area contributed by atoms with Gasteiger partial charge in [0, 0.05) is 19.7 Å². The second-order valence-electron chi connectivity index (χ2n) is 8.28. The summed E-state index contributed by atoms with van der Waals surface area (Å²) >= 11 is 0. The molecule has 6 heteroatoms. The first-order chi connectivity index (χ1) is 14.9. The molecule has 158 valence electrons. The normalized spacial score (nSPS) is 19.2. The maximum atomic E-state index is 13.6. The maximum Gasteiger partial charge on any atom is 0.282 e. The van der Waals surface area contributed by atoms with Gasteiger partial charge in [-0.25, -0.2) is 4.90 Å². The molecule has 1 N–H and O–H groups in total. The minimum Gasteiger partial charge on any atom is -0.396 e. The van der Waals surface area contributed by atoms with Crippen LogP contribution in [0.1, 0.15) is 35.1 Å². The Morgan fingerprint density at radius 3 is 2.48 bits per heavy atom. The lowest BCUT2D eigenvalue weighted by Gasteiger charge is -2.34. The van der Waals surface area contributed by atoms with Gasteiger partial charge in [0.15, 0.2) is 0 Å². The number of amides is 2. The van der Waals surface area contributed by atoms with E-state index in [4.69, 9.17) is 5.26 Å². The van der Waals surface area contributed by atoms with E-state index in [9.17, 15) is 14.7 Å². The Kier molecular flexibility index (Phi) is 5.62. The third kappa shape index (κ3) is 3.73. The van der Waals surface area contributed by atoms with E-state index in [1.807, 2.05) is 36.9 Å². The highest BCUT2D eigenvalue weighted by molar-refractivity contribution is 6.45. The van der Waals surface area contributed by atoms with Crippen molar-refractivity contribution in [2.45, 2.75) is 26.7 Å². The van der Waals surface area contributed by atoms with Gasteiger partial charge in [-0.1, -0.05) is 23.8 Å². The first kappa shape index (κ1) is 20.8. The molecule has 0 aliphatic carbocycles. The summed E-state index contributed by atoms with van der Waals surface area (Å²) < 4.78 is 0. The average molecular weight is 415 g/mol. The molecular weight excluding hydrogens is 390 g/mol. The van der Waals surface area contributed by atoms with Crippen LogP contribution in [0.3, 0.4) is 0 Å². The first-order valence-corrected chi connectivity index (χ1v) is 10.5. The number of carbonyl (C=O) groups excluding carboxylic acids is 2. The summed E-state index contributed by atoms with van der Waals surface area (Å²) in [5.41, 5.74) is 4.49. The quantitative estimate of drug-likeness (QED) is 0.776. The Morgan fingerprint density at radius 2 is 1.84 bits per heavy atom. The van der Waals surface area contributed by atoms with Crippen LogP contribution >= 0.6 is 0 Å². The van der Waals surface area contributed by atoms with Gasteiger partial charge < -0.3 is 10.0 Å². The largest absolute Gasteiger partial charge is 0.396 e. The predicted octanol–water partition coefficient (Wildman–Crippen LogP) is 3.16. The Labute approximate surface area is 182 Å². The average Bonchev–Trinajstić information content (AvgIpc) is 3.04. The van der Waals surface area contributed by atoms with E-state index in [0.29, 0.717) is 35.6 Å². The van der Waals surface area contributed by atoms with Gasteiger partial charge in [0.1, 0.15) is 5.70 Å². The summed E-state index contributed by atoms with van der Waals surface area (Å²) in [6, 6.07) is 14.4. The molecule has 6 nitrogen and oxygen atoms in total. The van der Waals surface area contributed by atoms with Crippen molar-refractivity contribution in [1.29, 1.82) is 5.26 Å². The fraction of sp³-hybridized carbons (Fsp3) is 0.320. The van der Waals surface area contributed by atoms with E-state index >= 15 is 0 Å². The zero-order valence-electron chi connectivity index (χ0n) is 17.8. The number of hydrogen-bond acceptors (Lipinski definition) is 5.